The zero-order valence-corrected chi connectivity index (χ0v) is 22.2. The van der Waals surface area contributed by atoms with Crippen molar-refractivity contribution in [3.05, 3.63) is 119 Å². The lowest BCUT2D eigenvalue weighted by molar-refractivity contribution is 1.25. The number of hydrogen-bond acceptors (Lipinski definition) is 3. The molecule has 0 saturated carbocycles. The molecule has 0 saturated heterocycles. The van der Waals surface area contributed by atoms with Crippen molar-refractivity contribution in [3.63, 3.8) is 0 Å². The van der Waals surface area contributed by atoms with Gasteiger partial charge in [-0.15, -0.1) is 0 Å². The third-order valence-electron chi connectivity index (χ3n) is 5.03. The SMILES string of the molecule is [2H]c1c2cc(c([2H])c1I)Sc1cc(c([2H])c(-c3ccccc3)c1[2H])Sc1cc(c([2H])c(-c3ccccc3)c1[2H])S2. The Morgan fingerprint density at radius 3 is 1.12 bits per heavy atom. The molecule has 0 atom stereocenters. The summed E-state index contributed by atoms with van der Waals surface area (Å²) in [5.41, 5.74) is 2.49. The molecular weight excluding hydrogens is 583 g/mol. The van der Waals surface area contributed by atoms with E-state index in [1.807, 2.05) is 83.3 Å². The minimum atomic E-state index is 0.204. The van der Waals surface area contributed by atoms with Crippen molar-refractivity contribution in [2.24, 2.45) is 0 Å². The van der Waals surface area contributed by atoms with Gasteiger partial charge in [0.1, 0.15) is 0 Å². The molecule has 0 radical (unpaired) electrons. The van der Waals surface area contributed by atoms with Gasteiger partial charge < -0.3 is 0 Å². The number of benzene rings is 5. The van der Waals surface area contributed by atoms with Gasteiger partial charge in [0.25, 0.3) is 0 Å². The number of rotatable bonds is 2. The summed E-state index contributed by atoms with van der Waals surface area (Å²) < 4.78 is 54.4. The van der Waals surface area contributed by atoms with E-state index < -0.39 is 0 Å². The molecule has 0 aliphatic carbocycles. The summed E-state index contributed by atoms with van der Waals surface area (Å²) in [5, 5.41) is 0. The van der Waals surface area contributed by atoms with Gasteiger partial charge in [-0.25, -0.2) is 0 Å². The van der Waals surface area contributed by atoms with E-state index in [0.717, 1.165) is 11.1 Å². The van der Waals surface area contributed by atoms with Crippen LogP contribution >= 0.6 is 57.9 Å². The predicted molar refractivity (Wildman–Crippen MR) is 155 cm³/mol. The van der Waals surface area contributed by atoms with E-state index in [9.17, 15) is 0 Å². The van der Waals surface area contributed by atoms with Gasteiger partial charge in [0.05, 0.1) is 8.22 Å². The van der Waals surface area contributed by atoms with Crippen LogP contribution in [0, 0.1) is 3.57 Å². The maximum atomic E-state index is 9.13. The van der Waals surface area contributed by atoms with E-state index in [1.54, 1.807) is 18.2 Å². The lowest BCUT2D eigenvalue weighted by atomic mass is 10.1. The average Bonchev–Trinajstić information content (AvgIpc) is 2.95. The molecule has 4 heteroatoms. The fourth-order valence-electron chi connectivity index (χ4n) is 3.56. The summed E-state index contributed by atoms with van der Waals surface area (Å²) in [7, 11) is 0. The number of hydrogen-bond donors (Lipinski definition) is 0. The second kappa shape index (κ2) is 9.86. The average molecular weight is 609 g/mol. The van der Waals surface area contributed by atoms with Crippen LogP contribution in [0.2, 0.25) is 0 Å². The molecule has 0 N–H and O–H groups in total. The molecule has 164 valence electrons. The van der Waals surface area contributed by atoms with Gasteiger partial charge >= 0.3 is 0 Å². The van der Waals surface area contributed by atoms with E-state index in [1.165, 1.54) is 35.3 Å². The van der Waals surface area contributed by atoms with E-state index >= 15 is 0 Å². The van der Waals surface area contributed by atoms with Gasteiger partial charge in [-0.1, -0.05) is 95.9 Å². The first kappa shape index (κ1) is 16.5. The van der Waals surface area contributed by atoms with E-state index in [0.29, 0.717) is 44.1 Å². The summed E-state index contributed by atoms with van der Waals surface area (Å²) in [6.45, 7) is 0. The molecule has 1 heterocycles. The van der Waals surface area contributed by atoms with Crippen molar-refractivity contribution in [2.75, 3.05) is 0 Å². The highest BCUT2D eigenvalue weighted by molar-refractivity contribution is 14.1. The van der Waals surface area contributed by atoms with Crippen molar-refractivity contribution in [2.45, 2.75) is 29.4 Å². The fraction of sp³-hybridized carbons (Fsp3) is 0. The Kier molecular flexibility index (Phi) is 4.79. The lowest BCUT2D eigenvalue weighted by Gasteiger charge is -2.15. The molecule has 0 spiro atoms. The topological polar surface area (TPSA) is 0 Å². The van der Waals surface area contributed by atoms with Crippen molar-refractivity contribution in [1.29, 1.82) is 0 Å². The standard InChI is InChI=1S/C30H19IS3/c31-24-15-29-19-30(16-24)34-28-14-23(21-9-5-2-6-10-21)12-26(18-28)32-25-11-22(13-27(17-25)33-29)20-7-3-1-4-8-20/h1-19H/i11D,12D,13D,14D,15D,16D. The molecule has 6 bridgehead atoms. The van der Waals surface area contributed by atoms with Gasteiger partial charge in [0, 0.05) is 32.9 Å². The molecular formula is C30H19IS3. The Balaban J connectivity index is 1.69. The summed E-state index contributed by atoms with van der Waals surface area (Å²) in [6, 6.07) is 25.5. The maximum absolute atomic E-state index is 9.13. The van der Waals surface area contributed by atoms with Crippen LogP contribution in [-0.2, 0) is 0 Å². The van der Waals surface area contributed by atoms with Crippen LogP contribution in [0.25, 0.3) is 22.3 Å². The van der Waals surface area contributed by atoms with Crippen molar-refractivity contribution < 1.29 is 8.22 Å². The van der Waals surface area contributed by atoms with Gasteiger partial charge in [0.15, 0.2) is 0 Å². The molecule has 5 aromatic carbocycles. The number of halogens is 1. The minimum Gasteiger partial charge on any atom is -0.0900 e. The molecule has 0 amide bonds. The minimum absolute atomic E-state index is 0.204. The molecule has 0 unspecified atom stereocenters. The molecule has 1 aliphatic heterocycles. The van der Waals surface area contributed by atoms with Crippen LogP contribution in [0.1, 0.15) is 8.22 Å². The predicted octanol–water partition coefficient (Wildman–Crippen LogP) is 10.4. The zero-order chi connectivity index (χ0) is 28.1. The zero-order valence-electron chi connectivity index (χ0n) is 23.6. The van der Waals surface area contributed by atoms with Crippen LogP contribution < -0.4 is 0 Å². The Morgan fingerprint density at radius 2 is 0.765 bits per heavy atom. The first-order chi connectivity index (χ1) is 19.2. The van der Waals surface area contributed by atoms with Crippen LogP contribution in [0.15, 0.2) is 144 Å². The third-order valence-corrected chi connectivity index (χ3v) is 8.21. The maximum Gasteiger partial charge on any atom is 0.0646 e. The quantitative estimate of drug-likeness (QED) is 0.180. The molecule has 5 aromatic rings. The summed E-state index contributed by atoms with van der Waals surface area (Å²) in [6.07, 6.45) is 0. The Bertz CT molecular complexity index is 1670. The van der Waals surface area contributed by atoms with Crippen molar-refractivity contribution in [3.8, 4) is 22.3 Å². The highest BCUT2D eigenvalue weighted by Gasteiger charge is 2.13. The van der Waals surface area contributed by atoms with Gasteiger partial charge in [-0.05, 0) is 99.3 Å². The van der Waals surface area contributed by atoms with Gasteiger partial charge in [-0.2, -0.15) is 0 Å². The molecule has 0 fully saturated rings. The molecule has 0 aromatic heterocycles. The molecule has 1 aliphatic rings. The summed E-state index contributed by atoms with van der Waals surface area (Å²) in [4.78, 5) is 3.61. The Labute approximate surface area is 235 Å². The first-order valence-corrected chi connectivity index (χ1v) is 14.0. The van der Waals surface area contributed by atoms with Crippen LogP contribution in [0.5, 0.6) is 0 Å². The first-order valence-electron chi connectivity index (χ1n) is 13.5. The molecule has 34 heavy (non-hydrogen) atoms. The highest BCUT2D eigenvalue weighted by atomic mass is 127. The Hall–Kier alpha value is -2.12. The van der Waals surface area contributed by atoms with Crippen LogP contribution in [-0.4, -0.2) is 0 Å². The normalized spacial score (nSPS) is 15.0. The van der Waals surface area contributed by atoms with Gasteiger partial charge in [0.2, 0.25) is 0 Å². The second-order valence-electron chi connectivity index (χ2n) is 7.47. The van der Waals surface area contributed by atoms with E-state index in [-0.39, 0.29) is 36.3 Å². The third kappa shape index (κ3) is 5.10. The van der Waals surface area contributed by atoms with Crippen LogP contribution in [0.4, 0.5) is 0 Å². The van der Waals surface area contributed by atoms with Crippen molar-refractivity contribution in [1.82, 2.24) is 0 Å². The number of fused-ring (bicyclic) bond motifs is 6. The summed E-state index contributed by atoms with van der Waals surface area (Å²) >= 11 is 5.89. The largest absolute Gasteiger partial charge is 0.0900 e. The van der Waals surface area contributed by atoms with Gasteiger partial charge in [-0.3, -0.25) is 0 Å². The van der Waals surface area contributed by atoms with E-state index in [4.69, 9.17) is 8.22 Å². The van der Waals surface area contributed by atoms with E-state index in [2.05, 4.69) is 0 Å². The summed E-state index contributed by atoms with van der Waals surface area (Å²) in [5.74, 6) is 0. The molecule has 6 rings (SSSR count). The fourth-order valence-corrected chi connectivity index (χ4v) is 7.42. The highest BCUT2D eigenvalue weighted by Crippen LogP contribution is 2.43. The van der Waals surface area contributed by atoms with Crippen LogP contribution in [0.3, 0.4) is 0 Å². The lowest BCUT2D eigenvalue weighted by Crippen LogP contribution is -1.87. The monoisotopic (exact) mass is 608 g/mol. The molecule has 0 nitrogen and oxygen atoms in total. The Morgan fingerprint density at radius 1 is 0.441 bits per heavy atom. The smallest absolute Gasteiger partial charge is 0.0646 e. The second-order valence-corrected chi connectivity index (χ2v) is 11.8. The van der Waals surface area contributed by atoms with Crippen molar-refractivity contribution >= 4 is 57.9 Å².